The number of amides is 1. The van der Waals surface area contributed by atoms with E-state index < -0.39 is 15.7 Å². The lowest BCUT2D eigenvalue weighted by molar-refractivity contribution is 0.102. The third kappa shape index (κ3) is 4.20. The van der Waals surface area contributed by atoms with Crippen LogP contribution in [0.25, 0.3) is 0 Å². The van der Waals surface area contributed by atoms with Gasteiger partial charge in [0, 0.05) is 16.3 Å². The van der Waals surface area contributed by atoms with Crippen LogP contribution >= 0.6 is 11.6 Å². The lowest BCUT2D eigenvalue weighted by Gasteiger charge is -2.19. The molecule has 0 unspecified atom stereocenters. The van der Waals surface area contributed by atoms with E-state index in [9.17, 15) is 18.3 Å². The number of hydrogen-bond acceptors (Lipinski definition) is 4. The quantitative estimate of drug-likeness (QED) is 0.505. The SMILES string of the molecule is Cc1c(NC(=O)c2ccc(Cl)cc2)cc(C(C)C)c(O)c1S(=O)(=O)c1ccccc1. The number of phenolic OH excluding ortho intramolecular Hbond substituents is 1. The largest absolute Gasteiger partial charge is 0.506 e. The van der Waals surface area contributed by atoms with Crippen molar-refractivity contribution in [3.05, 3.63) is 82.4 Å². The fourth-order valence-electron chi connectivity index (χ4n) is 3.18. The number of benzene rings is 3. The van der Waals surface area contributed by atoms with Crippen LogP contribution < -0.4 is 5.32 Å². The van der Waals surface area contributed by atoms with Crippen molar-refractivity contribution in [3.8, 4) is 5.75 Å². The van der Waals surface area contributed by atoms with Crippen molar-refractivity contribution in [2.75, 3.05) is 5.32 Å². The average Bonchev–Trinajstić information content (AvgIpc) is 2.70. The summed E-state index contributed by atoms with van der Waals surface area (Å²) in [5, 5.41) is 14.1. The van der Waals surface area contributed by atoms with Crippen LogP contribution in [0.1, 0.15) is 41.3 Å². The monoisotopic (exact) mass is 443 g/mol. The Balaban J connectivity index is 2.16. The normalized spacial score (nSPS) is 11.5. The summed E-state index contributed by atoms with van der Waals surface area (Å²) in [6, 6.07) is 15.9. The molecule has 0 aliphatic carbocycles. The Bertz CT molecular complexity index is 1190. The second kappa shape index (κ2) is 8.50. The maximum atomic E-state index is 13.3. The minimum absolute atomic E-state index is 0.0688. The molecule has 0 saturated heterocycles. The van der Waals surface area contributed by atoms with E-state index in [2.05, 4.69) is 5.32 Å². The Hall–Kier alpha value is -2.83. The Kier molecular flexibility index (Phi) is 6.19. The molecule has 2 N–H and O–H groups in total. The van der Waals surface area contributed by atoms with Gasteiger partial charge in [-0.25, -0.2) is 8.42 Å². The van der Waals surface area contributed by atoms with Crippen LogP contribution in [0.3, 0.4) is 0 Å². The molecule has 0 bridgehead atoms. The number of phenols is 1. The van der Waals surface area contributed by atoms with Gasteiger partial charge in [0.1, 0.15) is 10.6 Å². The van der Waals surface area contributed by atoms with E-state index in [-0.39, 0.29) is 27.0 Å². The summed E-state index contributed by atoms with van der Waals surface area (Å²) in [6.45, 7) is 5.25. The number of nitrogens with one attached hydrogen (secondary N) is 1. The van der Waals surface area contributed by atoms with Gasteiger partial charge in [0.2, 0.25) is 9.84 Å². The highest BCUT2D eigenvalue weighted by molar-refractivity contribution is 7.91. The Morgan fingerprint density at radius 1 is 1.03 bits per heavy atom. The summed E-state index contributed by atoms with van der Waals surface area (Å²) in [5.41, 5.74) is 1.40. The Morgan fingerprint density at radius 3 is 2.20 bits per heavy atom. The first kappa shape index (κ1) is 21.9. The molecule has 0 aliphatic heterocycles. The van der Waals surface area contributed by atoms with Crippen LogP contribution in [-0.4, -0.2) is 19.4 Å². The molecular formula is C23H22ClNO4S. The van der Waals surface area contributed by atoms with Crippen LogP contribution in [0.2, 0.25) is 5.02 Å². The van der Waals surface area contributed by atoms with E-state index in [0.29, 0.717) is 21.8 Å². The van der Waals surface area contributed by atoms with Crippen LogP contribution in [0.5, 0.6) is 5.75 Å². The highest BCUT2D eigenvalue weighted by Gasteiger charge is 2.29. The summed E-state index contributed by atoms with van der Waals surface area (Å²) in [6.07, 6.45) is 0. The van der Waals surface area contributed by atoms with Crippen LogP contribution in [0, 0.1) is 6.92 Å². The average molecular weight is 444 g/mol. The summed E-state index contributed by atoms with van der Waals surface area (Å²) < 4.78 is 26.6. The minimum Gasteiger partial charge on any atom is -0.506 e. The zero-order valence-electron chi connectivity index (χ0n) is 16.8. The van der Waals surface area contributed by atoms with Crippen molar-refractivity contribution in [2.45, 2.75) is 36.5 Å². The molecule has 0 aliphatic rings. The number of halogens is 1. The third-order valence-electron chi connectivity index (χ3n) is 4.83. The number of anilines is 1. The van der Waals surface area contributed by atoms with Gasteiger partial charge in [0.15, 0.2) is 0 Å². The first-order valence-corrected chi connectivity index (χ1v) is 11.2. The molecule has 3 aromatic rings. The van der Waals surface area contributed by atoms with Gasteiger partial charge < -0.3 is 10.4 Å². The second-order valence-electron chi connectivity index (χ2n) is 7.25. The predicted octanol–water partition coefficient (Wildman–Crippen LogP) is 5.56. The van der Waals surface area contributed by atoms with Crippen molar-refractivity contribution in [2.24, 2.45) is 0 Å². The standard InChI is InChI=1S/C23H22ClNO4S/c1-14(2)19-13-20(25-23(27)16-9-11-17(24)12-10-16)15(3)22(21(19)26)30(28,29)18-7-5-4-6-8-18/h4-14,26H,1-3H3,(H,25,27). The first-order chi connectivity index (χ1) is 14.1. The van der Waals surface area contributed by atoms with Crippen molar-refractivity contribution in [1.82, 2.24) is 0 Å². The van der Waals surface area contributed by atoms with Crippen molar-refractivity contribution < 1.29 is 18.3 Å². The van der Waals surface area contributed by atoms with E-state index in [1.54, 1.807) is 55.5 Å². The Labute approximate surface area is 181 Å². The molecule has 30 heavy (non-hydrogen) atoms. The number of aromatic hydroxyl groups is 1. The lowest BCUT2D eigenvalue weighted by atomic mass is 9.99. The van der Waals surface area contributed by atoms with Gasteiger partial charge in [-0.15, -0.1) is 0 Å². The molecule has 5 nitrogen and oxygen atoms in total. The van der Waals surface area contributed by atoms with Gasteiger partial charge in [0.25, 0.3) is 5.91 Å². The molecule has 0 fully saturated rings. The topological polar surface area (TPSA) is 83.5 Å². The maximum absolute atomic E-state index is 13.3. The third-order valence-corrected chi connectivity index (χ3v) is 7.01. The molecule has 0 spiro atoms. The fourth-order valence-corrected chi connectivity index (χ4v) is 4.94. The van der Waals surface area contributed by atoms with E-state index in [1.165, 1.54) is 12.1 Å². The molecule has 1 amide bonds. The summed E-state index contributed by atoms with van der Waals surface area (Å²) >= 11 is 5.88. The zero-order chi connectivity index (χ0) is 22.1. The van der Waals surface area contributed by atoms with Crippen molar-refractivity contribution in [1.29, 1.82) is 0 Å². The number of carbonyl (C=O) groups excluding carboxylic acids is 1. The molecule has 3 aromatic carbocycles. The maximum Gasteiger partial charge on any atom is 0.255 e. The zero-order valence-corrected chi connectivity index (χ0v) is 18.4. The molecule has 3 rings (SSSR count). The number of carbonyl (C=O) groups is 1. The van der Waals surface area contributed by atoms with Gasteiger partial charge in [-0.3, -0.25) is 4.79 Å². The molecule has 0 radical (unpaired) electrons. The smallest absolute Gasteiger partial charge is 0.255 e. The van der Waals surface area contributed by atoms with E-state index in [1.807, 2.05) is 13.8 Å². The number of sulfone groups is 1. The van der Waals surface area contributed by atoms with E-state index in [0.717, 1.165) is 0 Å². The van der Waals surface area contributed by atoms with E-state index >= 15 is 0 Å². The number of rotatable bonds is 5. The minimum atomic E-state index is -4.00. The lowest BCUT2D eigenvalue weighted by Crippen LogP contribution is -2.15. The second-order valence-corrected chi connectivity index (χ2v) is 9.57. The van der Waals surface area contributed by atoms with Crippen LogP contribution in [-0.2, 0) is 9.84 Å². The van der Waals surface area contributed by atoms with Gasteiger partial charge in [-0.2, -0.15) is 0 Å². The molecule has 7 heteroatoms. The van der Waals surface area contributed by atoms with E-state index in [4.69, 9.17) is 11.6 Å². The Morgan fingerprint density at radius 2 is 1.63 bits per heavy atom. The van der Waals surface area contributed by atoms with Gasteiger partial charge >= 0.3 is 0 Å². The molecule has 0 saturated carbocycles. The molecule has 0 atom stereocenters. The summed E-state index contributed by atoms with van der Waals surface area (Å²) in [5.74, 6) is -0.865. The van der Waals surface area contributed by atoms with Gasteiger partial charge in [0.05, 0.1) is 4.90 Å². The summed E-state index contributed by atoms with van der Waals surface area (Å²) in [7, 11) is -4.00. The molecular weight excluding hydrogens is 422 g/mol. The van der Waals surface area contributed by atoms with Gasteiger partial charge in [-0.1, -0.05) is 43.6 Å². The summed E-state index contributed by atoms with van der Waals surface area (Å²) in [4.78, 5) is 12.6. The fraction of sp³-hybridized carbons (Fsp3) is 0.174. The molecule has 156 valence electrons. The number of hydrogen-bond donors (Lipinski definition) is 2. The predicted molar refractivity (Wildman–Crippen MR) is 118 cm³/mol. The molecule has 0 aromatic heterocycles. The van der Waals surface area contributed by atoms with Gasteiger partial charge in [-0.05, 0) is 66.4 Å². The highest BCUT2D eigenvalue weighted by Crippen LogP contribution is 2.41. The molecule has 0 heterocycles. The highest BCUT2D eigenvalue weighted by atomic mass is 35.5. The van der Waals surface area contributed by atoms with Crippen LogP contribution in [0.15, 0.2) is 70.5 Å². The van der Waals surface area contributed by atoms with Crippen LogP contribution in [0.4, 0.5) is 5.69 Å². The van der Waals surface area contributed by atoms with Crippen molar-refractivity contribution in [3.63, 3.8) is 0 Å². The first-order valence-electron chi connectivity index (χ1n) is 9.36. The van der Waals surface area contributed by atoms with Crippen molar-refractivity contribution >= 4 is 33.0 Å².